The lowest BCUT2D eigenvalue weighted by Gasteiger charge is -2.31. The minimum absolute atomic E-state index is 0.157. The molecule has 6 nitrogen and oxygen atoms in total. The first kappa shape index (κ1) is 23.5. The molecule has 0 bridgehead atoms. The molecule has 3 aromatic rings. The number of nitrogens with one attached hydrogen (secondary N) is 1. The lowest BCUT2D eigenvalue weighted by Crippen LogP contribution is -2.40. The summed E-state index contributed by atoms with van der Waals surface area (Å²) in [7, 11) is 0. The van der Waals surface area contributed by atoms with Gasteiger partial charge in [0.25, 0.3) is 5.91 Å². The van der Waals surface area contributed by atoms with Crippen molar-refractivity contribution in [3.05, 3.63) is 101 Å². The quantitative estimate of drug-likeness (QED) is 0.549. The van der Waals surface area contributed by atoms with E-state index >= 15 is 0 Å². The molecular formula is C28H29N3O3. The second-order valence-corrected chi connectivity index (χ2v) is 8.50. The molecule has 0 aliphatic carbocycles. The van der Waals surface area contributed by atoms with Crippen LogP contribution in [0.5, 0.6) is 5.75 Å². The van der Waals surface area contributed by atoms with Gasteiger partial charge in [-0.3, -0.25) is 9.69 Å². The Morgan fingerprint density at radius 3 is 2.79 bits per heavy atom. The van der Waals surface area contributed by atoms with Crippen LogP contribution in [0.2, 0.25) is 0 Å². The number of morpholine rings is 1. The number of benzene rings is 3. The van der Waals surface area contributed by atoms with Crippen molar-refractivity contribution in [2.45, 2.75) is 32.7 Å². The fourth-order valence-corrected chi connectivity index (χ4v) is 4.06. The smallest absolute Gasteiger partial charge is 0.251 e. The molecule has 1 fully saturated rings. The Morgan fingerprint density at radius 2 is 1.94 bits per heavy atom. The highest BCUT2D eigenvalue weighted by Crippen LogP contribution is 2.17. The molecule has 3 aromatic carbocycles. The van der Waals surface area contributed by atoms with Crippen LogP contribution in [-0.4, -0.2) is 36.6 Å². The van der Waals surface area contributed by atoms with Gasteiger partial charge in [0.1, 0.15) is 12.4 Å². The predicted molar refractivity (Wildman–Crippen MR) is 130 cm³/mol. The van der Waals surface area contributed by atoms with Crippen LogP contribution < -0.4 is 10.1 Å². The van der Waals surface area contributed by atoms with Gasteiger partial charge in [0.2, 0.25) is 0 Å². The first-order chi connectivity index (χ1) is 16.6. The van der Waals surface area contributed by atoms with Crippen molar-refractivity contribution in [3.63, 3.8) is 0 Å². The summed E-state index contributed by atoms with van der Waals surface area (Å²) in [6.45, 7) is 6.33. The topological polar surface area (TPSA) is 74.6 Å². The Labute approximate surface area is 200 Å². The summed E-state index contributed by atoms with van der Waals surface area (Å²) in [6, 6.07) is 24.9. The number of hydrogen-bond acceptors (Lipinski definition) is 5. The molecule has 1 unspecified atom stereocenters. The lowest BCUT2D eigenvalue weighted by atomic mass is 10.1. The van der Waals surface area contributed by atoms with Crippen molar-refractivity contribution in [2.24, 2.45) is 0 Å². The molecule has 6 heteroatoms. The summed E-state index contributed by atoms with van der Waals surface area (Å²) >= 11 is 0. The third-order valence-electron chi connectivity index (χ3n) is 5.80. The zero-order valence-electron chi connectivity index (χ0n) is 19.4. The Morgan fingerprint density at radius 1 is 1.12 bits per heavy atom. The van der Waals surface area contributed by atoms with Gasteiger partial charge < -0.3 is 14.8 Å². The molecule has 0 saturated carbocycles. The van der Waals surface area contributed by atoms with E-state index < -0.39 is 0 Å². The van der Waals surface area contributed by atoms with Gasteiger partial charge in [-0.2, -0.15) is 5.26 Å². The van der Waals surface area contributed by atoms with Crippen molar-refractivity contribution >= 4 is 5.91 Å². The highest BCUT2D eigenvalue weighted by molar-refractivity contribution is 5.94. The van der Waals surface area contributed by atoms with Gasteiger partial charge in [-0.1, -0.05) is 48.5 Å². The maximum absolute atomic E-state index is 12.8. The summed E-state index contributed by atoms with van der Waals surface area (Å²) in [5.41, 5.74) is 4.22. The molecule has 1 atom stereocenters. The van der Waals surface area contributed by atoms with Crippen molar-refractivity contribution in [1.29, 1.82) is 5.26 Å². The van der Waals surface area contributed by atoms with Crippen molar-refractivity contribution < 1.29 is 14.3 Å². The van der Waals surface area contributed by atoms with Crippen LogP contribution >= 0.6 is 0 Å². The average molecular weight is 456 g/mol. The molecule has 1 aliphatic rings. The summed E-state index contributed by atoms with van der Waals surface area (Å²) in [6.07, 6.45) is 0.261. The van der Waals surface area contributed by atoms with E-state index in [1.807, 2.05) is 36.4 Å². The van der Waals surface area contributed by atoms with E-state index in [1.54, 1.807) is 24.3 Å². The standard InChI is InChI=1S/C28H29N3O3/c1-21-18-31(12-13-33-21)19-23-7-4-6-22(14-23)17-30-28(32)24-10-5-11-27(15-24)34-20-26-9-3-2-8-25(26)16-29/h2-11,14-15,21H,12-13,17-20H2,1H3,(H,30,32). The highest BCUT2D eigenvalue weighted by atomic mass is 16.5. The SMILES string of the molecule is CC1CN(Cc2cccc(CNC(=O)c3cccc(OCc4ccccc4C#N)c3)c2)CCO1. The summed E-state index contributed by atoms with van der Waals surface area (Å²) < 4.78 is 11.5. The van der Waals surface area contributed by atoms with Gasteiger partial charge in [-0.25, -0.2) is 0 Å². The number of carbonyl (C=O) groups excluding carboxylic acids is 1. The summed E-state index contributed by atoms with van der Waals surface area (Å²) in [4.78, 5) is 15.1. The van der Waals surface area contributed by atoms with Crippen LogP contribution in [0.15, 0.2) is 72.8 Å². The fraction of sp³-hybridized carbons (Fsp3) is 0.286. The first-order valence-electron chi connectivity index (χ1n) is 11.5. The zero-order valence-corrected chi connectivity index (χ0v) is 19.4. The van der Waals surface area contributed by atoms with E-state index in [2.05, 4.69) is 35.3 Å². The molecule has 4 rings (SSSR count). The Bertz CT molecular complexity index is 1170. The fourth-order valence-electron chi connectivity index (χ4n) is 4.06. The normalized spacial score (nSPS) is 15.9. The van der Waals surface area contributed by atoms with Crippen molar-refractivity contribution in [3.8, 4) is 11.8 Å². The molecule has 1 aliphatic heterocycles. The highest BCUT2D eigenvalue weighted by Gasteiger charge is 2.16. The van der Waals surface area contributed by atoms with Gasteiger partial charge in [-0.15, -0.1) is 0 Å². The van der Waals surface area contributed by atoms with Crippen LogP contribution in [0.3, 0.4) is 0 Å². The van der Waals surface area contributed by atoms with Gasteiger partial charge in [0.05, 0.1) is 24.3 Å². The number of hydrogen-bond donors (Lipinski definition) is 1. The first-order valence-corrected chi connectivity index (χ1v) is 11.5. The zero-order chi connectivity index (χ0) is 23.8. The van der Waals surface area contributed by atoms with E-state index in [0.29, 0.717) is 23.4 Å². The average Bonchev–Trinajstić information content (AvgIpc) is 2.86. The maximum Gasteiger partial charge on any atom is 0.251 e. The molecule has 1 N–H and O–H groups in total. The molecule has 0 radical (unpaired) electrons. The Hall–Kier alpha value is -3.66. The van der Waals surface area contributed by atoms with Crippen LogP contribution in [0.25, 0.3) is 0 Å². The summed E-state index contributed by atoms with van der Waals surface area (Å²) in [5, 5.41) is 12.2. The van der Waals surface area contributed by atoms with Crippen molar-refractivity contribution in [1.82, 2.24) is 10.2 Å². The minimum atomic E-state index is -0.157. The molecular weight excluding hydrogens is 426 g/mol. The van der Waals surface area contributed by atoms with Crippen LogP contribution in [-0.2, 0) is 24.4 Å². The van der Waals surface area contributed by atoms with Crippen molar-refractivity contribution in [2.75, 3.05) is 19.7 Å². The molecule has 0 aromatic heterocycles. The Balaban J connectivity index is 1.32. The number of amides is 1. The Kier molecular flexibility index (Phi) is 7.92. The molecule has 0 spiro atoms. The minimum Gasteiger partial charge on any atom is -0.489 e. The van der Waals surface area contributed by atoms with Crippen LogP contribution in [0.4, 0.5) is 0 Å². The molecule has 1 amide bonds. The van der Waals surface area contributed by atoms with Crippen LogP contribution in [0.1, 0.15) is 39.5 Å². The van der Waals surface area contributed by atoms with Crippen LogP contribution in [0, 0.1) is 11.3 Å². The van der Waals surface area contributed by atoms with Gasteiger partial charge in [0, 0.05) is 37.3 Å². The molecule has 34 heavy (non-hydrogen) atoms. The predicted octanol–water partition coefficient (Wildman–Crippen LogP) is 4.29. The second kappa shape index (κ2) is 11.5. The molecule has 1 saturated heterocycles. The van der Waals surface area contributed by atoms with E-state index in [0.717, 1.165) is 37.4 Å². The number of ether oxygens (including phenoxy) is 2. The number of rotatable bonds is 8. The molecule has 1 heterocycles. The van der Waals surface area contributed by atoms with Gasteiger partial charge in [-0.05, 0) is 42.3 Å². The lowest BCUT2D eigenvalue weighted by molar-refractivity contribution is -0.0212. The summed E-state index contributed by atoms with van der Waals surface area (Å²) in [5.74, 6) is 0.428. The van der Waals surface area contributed by atoms with Gasteiger partial charge in [0.15, 0.2) is 0 Å². The third kappa shape index (κ3) is 6.44. The van der Waals surface area contributed by atoms with Gasteiger partial charge >= 0.3 is 0 Å². The number of nitriles is 1. The number of carbonyl (C=O) groups is 1. The van der Waals surface area contributed by atoms with E-state index in [-0.39, 0.29) is 18.6 Å². The third-order valence-corrected chi connectivity index (χ3v) is 5.80. The van der Waals surface area contributed by atoms with E-state index in [4.69, 9.17) is 9.47 Å². The molecule has 174 valence electrons. The number of nitrogens with zero attached hydrogens (tertiary/aromatic N) is 2. The van der Waals surface area contributed by atoms with E-state index in [1.165, 1.54) is 5.56 Å². The monoisotopic (exact) mass is 455 g/mol. The van der Waals surface area contributed by atoms with E-state index in [9.17, 15) is 10.1 Å². The largest absolute Gasteiger partial charge is 0.489 e. The second-order valence-electron chi connectivity index (χ2n) is 8.50. The maximum atomic E-state index is 12.8.